The van der Waals surface area contributed by atoms with Crippen LogP contribution < -0.4 is 15.9 Å². The van der Waals surface area contributed by atoms with Gasteiger partial charge < -0.3 is 8.98 Å². The van der Waals surface area contributed by atoms with E-state index in [4.69, 9.17) is 4.42 Å². The predicted molar refractivity (Wildman–Crippen MR) is 251 cm³/mol. The molecule has 60 heavy (non-hydrogen) atoms. The minimum absolute atomic E-state index is 0.695. The summed E-state index contributed by atoms with van der Waals surface area (Å²) in [6, 6.07) is 79.1. The highest BCUT2D eigenvalue weighted by atomic mass is 31.2. The Hall–Kier alpha value is -7.25. The Labute approximate surface area is 348 Å². The molecule has 0 atom stereocenters. The molecule has 1 aromatic heterocycles. The van der Waals surface area contributed by atoms with Crippen molar-refractivity contribution in [2.24, 2.45) is 0 Å². The van der Waals surface area contributed by atoms with E-state index >= 15 is 4.57 Å². The molecule has 0 N–H and O–H groups in total. The van der Waals surface area contributed by atoms with E-state index in [2.05, 4.69) is 164 Å². The summed E-state index contributed by atoms with van der Waals surface area (Å²) in [6.45, 7) is 0. The van der Waals surface area contributed by atoms with Crippen LogP contribution in [0.1, 0.15) is 22.3 Å². The second kappa shape index (κ2) is 13.4. The van der Waals surface area contributed by atoms with Gasteiger partial charge in [0.2, 0.25) is 0 Å². The Morgan fingerprint density at radius 1 is 0.367 bits per heavy atom. The fourth-order valence-corrected chi connectivity index (χ4v) is 12.8. The molecule has 3 heteroatoms. The maximum atomic E-state index is 15.9. The van der Waals surface area contributed by atoms with Crippen molar-refractivity contribution in [1.29, 1.82) is 0 Å². The van der Waals surface area contributed by atoms with E-state index in [1.165, 1.54) is 27.3 Å². The minimum atomic E-state index is -3.28. The largest absolute Gasteiger partial charge is 0.455 e. The molecule has 11 aromatic rings. The van der Waals surface area contributed by atoms with Crippen molar-refractivity contribution in [3.05, 3.63) is 247 Å². The molecule has 0 fully saturated rings. The van der Waals surface area contributed by atoms with Gasteiger partial charge in [-0.05, 0) is 84.9 Å². The summed E-state index contributed by atoms with van der Waals surface area (Å²) in [6.07, 6.45) is 0. The molecule has 1 heterocycles. The van der Waals surface area contributed by atoms with Crippen molar-refractivity contribution in [3.63, 3.8) is 0 Å². The van der Waals surface area contributed by atoms with E-state index in [9.17, 15) is 0 Å². The van der Waals surface area contributed by atoms with Gasteiger partial charge in [0.15, 0.2) is 7.14 Å². The molecule has 0 saturated heterocycles. The second-order valence-corrected chi connectivity index (χ2v) is 18.6. The highest BCUT2D eigenvalue weighted by Gasteiger charge is 2.47. The first kappa shape index (κ1) is 34.8. The van der Waals surface area contributed by atoms with E-state index < -0.39 is 12.6 Å². The van der Waals surface area contributed by atoms with E-state index in [0.717, 1.165) is 76.6 Å². The quantitative estimate of drug-likeness (QED) is 0.124. The first-order valence-electron chi connectivity index (χ1n) is 20.5. The average molecular weight is 785 g/mol. The minimum Gasteiger partial charge on any atom is -0.455 e. The zero-order valence-electron chi connectivity index (χ0n) is 32.6. The molecule has 1 aliphatic carbocycles. The van der Waals surface area contributed by atoms with Crippen LogP contribution in [0.15, 0.2) is 229 Å². The number of benzene rings is 10. The Bertz CT molecular complexity index is 3420. The zero-order valence-corrected chi connectivity index (χ0v) is 33.5. The van der Waals surface area contributed by atoms with Gasteiger partial charge in [-0.3, -0.25) is 0 Å². The Kier molecular flexibility index (Phi) is 7.76. The van der Waals surface area contributed by atoms with E-state index in [0.29, 0.717) is 0 Å². The lowest BCUT2D eigenvalue weighted by atomic mass is 9.67. The van der Waals surface area contributed by atoms with Crippen LogP contribution >= 0.6 is 7.14 Å². The zero-order chi connectivity index (χ0) is 39.8. The standard InChI is InChI=1S/C57H37O2P/c58-60(42-21-9-3-10-22-42,43-23-11-4-12-24-43)44-31-33-48-47-32-29-39(36-52(47)57(53(48)37-44,40-17-5-1-6-18-40)41-19-7-2-8-20-41)38-30-34-54-51(35-38)55-49-27-15-13-25-45(49)46-26-14-16-28-50(46)56(55)59-54/h1-37H. The van der Waals surface area contributed by atoms with E-state index in [-0.39, 0.29) is 0 Å². The number of hydrogen-bond acceptors (Lipinski definition) is 2. The molecule has 0 amide bonds. The first-order valence-corrected chi connectivity index (χ1v) is 22.2. The second-order valence-electron chi connectivity index (χ2n) is 15.9. The molecule has 0 saturated carbocycles. The SMILES string of the molecule is O=P(c1ccccc1)(c1ccccc1)c1ccc2c(c1)C(c1ccccc1)(c1ccccc1)c1cc(-c3ccc4oc5c6ccccc6c6ccccc6c5c4c3)ccc1-2. The molecule has 10 aromatic carbocycles. The molecule has 0 unspecified atom stereocenters. The lowest BCUT2D eigenvalue weighted by Gasteiger charge is -2.34. The van der Waals surface area contributed by atoms with Crippen LogP contribution in [-0.4, -0.2) is 0 Å². The highest BCUT2D eigenvalue weighted by Crippen LogP contribution is 2.58. The Balaban J connectivity index is 1.12. The van der Waals surface area contributed by atoms with Gasteiger partial charge in [0.1, 0.15) is 11.2 Å². The molecule has 2 nitrogen and oxygen atoms in total. The van der Waals surface area contributed by atoms with Crippen molar-refractivity contribution >= 4 is 66.5 Å². The number of fused-ring (bicyclic) bond motifs is 11. The van der Waals surface area contributed by atoms with Crippen molar-refractivity contribution in [2.45, 2.75) is 5.41 Å². The topological polar surface area (TPSA) is 30.2 Å². The number of furan rings is 1. The monoisotopic (exact) mass is 784 g/mol. The summed E-state index contributed by atoms with van der Waals surface area (Å²) in [7, 11) is -3.28. The lowest BCUT2D eigenvalue weighted by molar-refractivity contribution is 0.592. The van der Waals surface area contributed by atoms with Crippen LogP contribution in [-0.2, 0) is 9.98 Å². The van der Waals surface area contributed by atoms with Crippen molar-refractivity contribution in [2.75, 3.05) is 0 Å². The van der Waals surface area contributed by atoms with Crippen molar-refractivity contribution in [3.8, 4) is 22.3 Å². The Morgan fingerprint density at radius 3 is 1.45 bits per heavy atom. The normalized spacial score (nSPS) is 13.2. The van der Waals surface area contributed by atoms with Gasteiger partial charge >= 0.3 is 0 Å². The van der Waals surface area contributed by atoms with Crippen LogP contribution in [0.3, 0.4) is 0 Å². The van der Waals surface area contributed by atoms with Crippen LogP contribution in [0.2, 0.25) is 0 Å². The van der Waals surface area contributed by atoms with Gasteiger partial charge in [-0.1, -0.05) is 200 Å². The first-order chi connectivity index (χ1) is 29.6. The third-order valence-electron chi connectivity index (χ3n) is 12.8. The summed E-state index contributed by atoms with van der Waals surface area (Å²) in [5.41, 5.74) is 10.3. The van der Waals surface area contributed by atoms with Gasteiger partial charge in [-0.2, -0.15) is 0 Å². The van der Waals surface area contributed by atoms with Crippen LogP contribution in [0.25, 0.3) is 65.7 Å². The summed E-state index contributed by atoms with van der Waals surface area (Å²) in [5, 5.41) is 9.45. The van der Waals surface area contributed by atoms with Gasteiger partial charge in [-0.15, -0.1) is 0 Å². The molecule has 1 aliphatic rings. The Morgan fingerprint density at radius 2 is 0.833 bits per heavy atom. The smallest absolute Gasteiger partial charge is 0.171 e. The van der Waals surface area contributed by atoms with Gasteiger partial charge in [-0.25, -0.2) is 0 Å². The average Bonchev–Trinajstić information content (AvgIpc) is 3.86. The molecule has 0 bridgehead atoms. The van der Waals surface area contributed by atoms with Gasteiger partial charge in [0, 0.05) is 32.1 Å². The number of rotatable bonds is 6. The summed E-state index contributed by atoms with van der Waals surface area (Å²) >= 11 is 0. The third kappa shape index (κ3) is 4.92. The molecule has 0 spiro atoms. The summed E-state index contributed by atoms with van der Waals surface area (Å²) < 4.78 is 22.6. The van der Waals surface area contributed by atoms with Gasteiger partial charge in [0.05, 0.1) is 5.41 Å². The highest BCUT2D eigenvalue weighted by molar-refractivity contribution is 7.85. The molecule has 0 aliphatic heterocycles. The summed E-state index contributed by atoms with van der Waals surface area (Å²) in [4.78, 5) is 0. The molecule has 12 rings (SSSR count). The van der Waals surface area contributed by atoms with Crippen LogP contribution in [0.5, 0.6) is 0 Å². The fourth-order valence-electron chi connectivity index (χ4n) is 10.2. The number of hydrogen-bond donors (Lipinski definition) is 0. The summed E-state index contributed by atoms with van der Waals surface area (Å²) in [5.74, 6) is 0. The van der Waals surface area contributed by atoms with Crippen molar-refractivity contribution in [1.82, 2.24) is 0 Å². The molecular formula is C57H37O2P. The maximum Gasteiger partial charge on any atom is 0.171 e. The molecule has 0 radical (unpaired) electrons. The van der Waals surface area contributed by atoms with E-state index in [1.807, 2.05) is 60.7 Å². The lowest BCUT2D eigenvalue weighted by Crippen LogP contribution is -2.31. The van der Waals surface area contributed by atoms with Crippen LogP contribution in [0.4, 0.5) is 0 Å². The fraction of sp³-hybridized carbons (Fsp3) is 0.0175. The third-order valence-corrected chi connectivity index (χ3v) is 15.9. The van der Waals surface area contributed by atoms with E-state index in [1.54, 1.807) is 0 Å². The van der Waals surface area contributed by atoms with Crippen molar-refractivity contribution < 1.29 is 8.98 Å². The predicted octanol–water partition coefficient (Wildman–Crippen LogP) is 13.6. The van der Waals surface area contributed by atoms with Gasteiger partial charge in [0.25, 0.3) is 0 Å². The molecular weight excluding hydrogens is 748 g/mol. The van der Waals surface area contributed by atoms with Crippen LogP contribution in [0, 0.1) is 0 Å². The maximum absolute atomic E-state index is 15.9. The molecule has 282 valence electrons.